The van der Waals surface area contributed by atoms with E-state index in [-0.39, 0.29) is 17.8 Å². The number of aliphatic carboxylic acids is 1. The summed E-state index contributed by atoms with van der Waals surface area (Å²) in [5.41, 5.74) is 0.625. The Morgan fingerprint density at radius 2 is 1.74 bits per heavy atom. The molecular weight excluding hydrogens is 248 g/mol. The van der Waals surface area contributed by atoms with Gasteiger partial charge in [-0.3, -0.25) is 4.79 Å². The molecule has 1 aromatic carbocycles. The molecular formula is C13H12N2O4. The molecule has 0 spiro atoms. The average Bonchev–Trinajstić information content (AvgIpc) is 2.38. The zero-order valence-electron chi connectivity index (χ0n) is 10.2. The molecule has 1 atom stereocenters. The first kappa shape index (κ1) is 12.9. The van der Waals surface area contributed by atoms with Gasteiger partial charge in [0.1, 0.15) is 5.92 Å². The molecule has 1 aromatic heterocycles. The second-order valence-corrected chi connectivity index (χ2v) is 4.05. The summed E-state index contributed by atoms with van der Waals surface area (Å²) in [6, 6.07) is 6.77. The predicted molar refractivity (Wildman–Crippen MR) is 67.2 cm³/mol. The molecule has 0 fully saturated rings. The Balaban J connectivity index is 2.72. The monoisotopic (exact) mass is 260 g/mol. The Bertz CT molecular complexity index is 654. The third kappa shape index (κ3) is 2.37. The van der Waals surface area contributed by atoms with E-state index in [1.807, 2.05) is 0 Å². The maximum atomic E-state index is 11.2. The van der Waals surface area contributed by atoms with Crippen LogP contribution < -0.4 is 0 Å². The second-order valence-electron chi connectivity index (χ2n) is 4.05. The van der Waals surface area contributed by atoms with Crippen LogP contribution in [0.3, 0.4) is 0 Å². The molecule has 1 heterocycles. The Kier molecular flexibility index (Phi) is 3.41. The average molecular weight is 260 g/mol. The van der Waals surface area contributed by atoms with E-state index < -0.39 is 17.9 Å². The van der Waals surface area contributed by atoms with Crippen molar-refractivity contribution in [1.29, 1.82) is 0 Å². The van der Waals surface area contributed by atoms with Crippen molar-refractivity contribution in [1.82, 2.24) is 9.97 Å². The van der Waals surface area contributed by atoms with E-state index in [4.69, 9.17) is 10.2 Å². The minimum atomic E-state index is -1.27. The topological polar surface area (TPSA) is 100 Å². The summed E-state index contributed by atoms with van der Waals surface area (Å²) in [7, 11) is 0. The van der Waals surface area contributed by atoms with E-state index in [0.717, 1.165) is 0 Å². The molecule has 2 rings (SSSR count). The third-order valence-electron chi connectivity index (χ3n) is 2.84. The van der Waals surface area contributed by atoms with Gasteiger partial charge in [-0.1, -0.05) is 19.1 Å². The number of aromatic carboxylic acids is 1. The molecule has 0 saturated carbocycles. The maximum Gasteiger partial charge on any atom is 0.356 e. The third-order valence-corrected chi connectivity index (χ3v) is 2.84. The lowest BCUT2D eigenvalue weighted by Gasteiger charge is -2.12. The van der Waals surface area contributed by atoms with Gasteiger partial charge in [-0.2, -0.15) is 0 Å². The highest BCUT2D eigenvalue weighted by Crippen LogP contribution is 2.23. The summed E-state index contributed by atoms with van der Waals surface area (Å²) in [6.45, 7) is 1.67. The van der Waals surface area contributed by atoms with Crippen molar-refractivity contribution < 1.29 is 19.8 Å². The summed E-state index contributed by atoms with van der Waals surface area (Å²) < 4.78 is 0. The number of benzene rings is 1. The standard InChI is InChI=1S/C13H12N2O4/c1-2-7(12(16)17)10-11(13(18)19)15-9-6-4-3-5-8(9)14-10/h3-7H,2H2,1H3,(H,16,17)(H,18,19). The van der Waals surface area contributed by atoms with Gasteiger partial charge in [-0.25, -0.2) is 14.8 Å². The van der Waals surface area contributed by atoms with Crippen LogP contribution in [0.2, 0.25) is 0 Å². The first-order valence-corrected chi connectivity index (χ1v) is 5.77. The van der Waals surface area contributed by atoms with Gasteiger partial charge in [0.25, 0.3) is 0 Å². The van der Waals surface area contributed by atoms with Gasteiger partial charge in [-0.15, -0.1) is 0 Å². The van der Waals surface area contributed by atoms with Crippen molar-refractivity contribution in [3.8, 4) is 0 Å². The molecule has 0 radical (unpaired) electrons. The summed E-state index contributed by atoms with van der Waals surface area (Å²) >= 11 is 0. The molecule has 19 heavy (non-hydrogen) atoms. The van der Waals surface area contributed by atoms with Crippen LogP contribution in [0, 0.1) is 0 Å². The summed E-state index contributed by atoms with van der Waals surface area (Å²) in [5.74, 6) is -3.34. The number of carboxylic acid groups (broad SMARTS) is 2. The van der Waals surface area contributed by atoms with Gasteiger partial charge >= 0.3 is 11.9 Å². The molecule has 0 aliphatic heterocycles. The van der Waals surface area contributed by atoms with Crippen LogP contribution in [0.15, 0.2) is 24.3 Å². The first-order valence-electron chi connectivity index (χ1n) is 5.77. The second kappa shape index (κ2) is 5.01. The minimum Gasteiger partial charge on any atom is -0.481 e. The van der Waals surface area contributed by atoms with Crippen LogP contribution in [0.5, 0.6) is 0 Å². The normalized spacial score (nSPS) is 12.3. The predicted octanol–water partition coefficient (Wildman–Crippen LogP) is 1.91. The zero-order chi connectivity index (χ0) is 14.0. The Hall–Kier alpha value is -2.50. The van der Waals surface area contributed by atoms with E-state index in [1.54, 1.807) is 31.2 Å². The van der Waals surface area contributed by atoms with Gasteiger partial charge in [0.05, 0.1) is 16.7 Å². The minimum absolute atomic E-state index is 0.00111. The van der Waals surface area contributed by atoms with Crippen molar-refractivity contribution in [3.63, 3.8) is 0 Å². The molecule has 2 N–H and O–H groups in total. The van der Waals surface area contributed by atoms with E-state index in [9.17, 15) is 9.59 Å². The first-order chi connectivity index (χ1) is 9.04. The molecule has 2 aromatic rings. The van der Waals surface area contributed by atoms with Crippen LogP contribution in [0.1, 0.15) is 35.4 Å². The molecule has 6 nitrogen and oxygen atoms in total. The lowest BCUT2D eigenvalue weighted by Crippen LogP contribution is -2.18. The SMILES string of the molecule is CCC(C(=O)O)c1nc2ccccc2nc1C(=O)O. The largest absolute Gasteiger partial charge is 0.481 e. The number of hydrogen-bond donors (Lipinski definition) is 2. The zero-order valence-corrected chi connectivity index (χ0v) is 10.2. The van der Waals surface area contributed by atoms with Crippen molar-refractivity contribution >= 4 is 23.0 Å². The van der Waals surface area contributed by atoms with Crippen molar-refractivity contribution in [2.75, 3.05) is 0 Å². The fourth-order valence-electron chi connectivity index (χ4n) is 1.90. The van der Waals surface area contributed by atoms with E-state index in [1.165, 1.54) is 0 Å². The van der Waals surface area contributed by atoms with Crippen molar-refractivity contribution in [2.24, 2.45) is 0 Å². The highest BCUT2D eigenvalue weighted by Gasteiger charge is 2.27. The highest BCUT2D eigenvalue weighted by atomic mass is 16.4. The molecule has 98 valence electrons. The highest BCUT2D eigenvalue weighted by molar-refractivity contribution is 5.92. The fourth-order valence-corrected chi connectivity index (χ4v) is 1.90. The maximum absolute atomic E-state index is 11.2. The van der Waals surface area contributed by atoms with Crippen LogP contribution in [-0.4, -0.2) is 32.1 Å². The molecule has 0 bridgehead atoms. The van der Waals surface area contributed by atoms with Crippen LogP contribution in [0.4, 0.5) is 0 Å². The van der Waals surface area contributed by atoms with Gasteiger partial charge in [0, 0.05) is 0 Å². The molecule has 0 amide bonds. The number of carboxylic acids is 2. The fraction of sp³-hybridized carbons (Fsp3) is 0.231. The molecule has 6 heteroatoms. The van der Waals surface area contributed by atoms with Gasteiger partial charge in [0.15, 0.2) is 5.69 Å². The molecule has 0 saturated heterocycles. The summed E-state index contributed by atoms with van der Waals surface area (Å²) in [4.78, 5) is 30.6. The number of rotatable bonds is 4. The quantitative estimate of drug-likeness (QED) is 0.870. The Morgan fingerprint density at radius 1 is 1.16 bits per heavy atom. The Labute approximate surface area is 108 Å². The summed E-state index contributed by atoms with van der Waals surface area (Å²) in [5, 5.41) is 18.3. The van der Waals surface area contributed by atoms with E-state index in [2.05, 4.69) is 9.97 Å². The van der Waals surface area contributed by atoms with Gasteiger partial charge < -0.3 is 10.2 Å². The lowest BCUT2D eigenvalue weighted by atomic mass is 10.00. The van der Waals surface area contributed by atoms with Gasteiger partial charge in [0.2, 0.25) is 0 Å². The van der Waals surface area contributed by atoms with E-state index >= 15 is 0 Å². The van der Waals surface area contributed by atoms with Crippen LogP contribution >= 0.6 is 0 Å². The number of hydrogen-bond acceptors (Lipinski definition) is 4. The number of fused-ring (bicyclic) bond motifs is 1. The number of carbonyl (C=O) groups is 2. The van der Waals surface area contributed by atoms with Crippen LogP contribution in [0.25, 0.3) is 11.0 Å². The Morgan fingerprint density at radius 3 is 2.21 bits per heavy atom. The number of nitrogens with zero attached hydrogens (tertiary/aromatic N) is 2. The number of para-hydroxylation sites is 2. The lowest BCUT2D eigenvalue weighted by molar-refractivity contribution is -0.138. The van der Waals surface area contributed by atoms with Crippen molar-refractivity contribution in [2.45, 2.75) is 19.3 Å². The summed E-state index contributed by atoms with van der Waals surface area (Å²) in [6.07, 6.45) is 0.253. The molecule has 1 unspecified atom stereocenters. The molecule has 0 aliphatic carbocycles. The van der Waals surface area contributed by atoms with Crippen molar-refractivity contribution in [3.05, 3.63) is 35.7 Å². The van der Waals surface area contributed by atoms with Crippen LogP contribution in [-0.2, 0) is 4.79 Å². The van der Waals surface area contributed by atoms with E-state index in [0.29, 0.717) is 11.0 Å². The molecule has 0 aliphatic rings. The smallest absolute Gasteiger partial charge is 0.356 e. The van der Waals surface area contributed by atoms with Gasteiger partial charge in [-0.05, 0) is 18.6 Å². The number of aromatic nitrogens is 2.